The number of hydrogen-bond acceptors (Lipinski definition) is 2. The van der Waals surface area contributed by atoms with Crippen molar-refractivity contribution in [1.29, 1.82) is 0 Å². The molecule has 3 heteroatoms. The van der Waals surface area contributed by atoms with Crippen LogP contribution in [0.15, 0.2) is 0 Å². The summed E-state index contributed by atoms with van der Waals surface area (Å²) >= 11 is 0. The number of carbonyl (C=O) groups excluding carboxylic acids is 1. The summed E-state index contributed by atoms with van der Waals surface area (Å²) in [6, 6.07) is 0.694. The number of nitrogens with zero attached hydrogens (tertiary/aromatic N) is 1. The van der Waals surface area contributed by atoms with E-state index < -0.39 is 0 Å². The summed E-state index contributed by atoms with van der Waals surface area (Å²) in [5.74, 6) is 0.210. The van der Waals surface area contributed by atoms with Crippen molar-refractivity contribution in [2.45, 2.75) is 31.7 Å². The molecule has 0 aromatic carbocycles. The molecule has 0 aromatic rings. The first-order valence-corrected chi connectivity index (χ1v) is 4.63. The summed E-state index contributed by atoms with van der Waals surface area (Å²) in [6.07, 6.45) is 4.55. The van der Waals surface area contributed by atoms with Crippen LogP contribution in [-0.2, 0) is 4.79 Å². The molecule has 0 spiro atoms. The van der Waals surface area contributed by atoms with E-state index in [4.69, 9.17) is 0 Å². The van der Waals surface area contributed by atoms with Gasteiger partial charge in [-0.25, -0.2) is 0 Å². The van der Waals surface area contributed by atoms with Crippen LogP contribution >= 0.6 is 0 Å². The van der Waals surface area contributed by atoms with Crippen molar-refractivity contribution in [3.8, 4) is 0 Å². The van der Waals surface area contributed by atoms with Crippen LogP contribution in [0.2, 0.25) is 0 Å². The highest BCUT2D eigenvalue weighted by Crippen LogP contribution is 2.17. The predicted molar refractivity (Wildman–Crippen MR) is 49.0 cm³/mol. The van der Waals surface area contributed by atoms with E-state index in [2.05, 4.69) is 5.32 Å². The van der Waals surface area contributed by atoms with Crippen molar-refractivity contribution >= 4 is 5.91 Å². The number of carbonyl (C=O) groups is 1. The van der Waals surface area contributed by atoms with Gasteiger partial charge < -0.3 is 10.2 Å². The van der Waals surface area contributed by atoms with Gasteiger partial charge in [0.15, 0.2) is 0 Å². The van der Waals surface area contributed by atoms with E-state index in [-0.39, 0.29) is 5.91 Å². The van der Waals surface area contributed by atoms with Crippen molar-refractivity contribution in [3.63, 3.8) is 0 Å². The summed E-state index contributed by atoms with van der Waals surface area (Å²) < 4.78 is 0. The lowest BCUT2D eigenvalue weighted by Crippen LogP contribution is -2.37. The van der Waals surface area contributed by atoms with Crippen molar-refractivity contribution < 1.29 is 4.79 Å². The van der Waals surface area contributed by atoms with Crippen molar-refractivity contribution in [3.05, 3.63) is 0 Å². The van der Waals surface area contributed by atoms with E-state index >= 15 is 0 Å². The van der Waals surface area contributed by atoms with Gasteiger partial charge in [0.25, 0.3) is 0 Å². The summed E-state index contributed by atoms with van der Waals surface area (Å²) in [6.45, 7) is 0.835. The predicted octanol–water partition coefficient (Wildman–Crippen LogP) is 0.607. The Kier molecular flexibility index (Phi) is 3.53. The van der Waals surface area contributed by atoms with Crippen molar-refractivity contribution in [2.75, 3.05) is 20.6 Å². The molecule has 1 rings (SSSR count). The number of hydrogen-bond donors (Lipinski definition) is 1. The van der Waals surface area contributed by atoms with Gasteiger partial charge in [-0.3, -0.25) is 4.79 Å². The van der Waals surface area contributed by atoms with E-state index in [0.29, 0.717) is 12.5 Å². The lowest BCUT2D eigenvalue weighted by molar-refractivity contribution is -0.128. The molecule has 0 atom stereocenters. The summed E-state index contributed by atoms with van der Waals surface area (Å²) in [5, 5.41) is 3.36. The molecule has 1 aliphatic rings. The highest BCUT2D eigenvalue weighted by molar-refractivity contribution is 5.75. The molecule has 0 bridgehead atoms. The van der Waals surface area contributed by atoms with Crippen molar-refractivity contribution in [1.82, 2.24) is 10.2 Å². The zero-order chi connectivity index (χ0) is 8.97. The largest absolute Gasteiger partial charge is 0.349 e. The van der Waals surface area contributed by atoms with Gasteiger partial charge in [0.1, 0.15) is 0 Å². The van der Waals surface area contributed by atoms with E-state index in [0.717, 1.165) is 6.54 Å². The van der Waals surface area contributed by atoms with Crippen LogP contribution < -0.4 is 5.32 Å². The quantitative estimate of drug-likeness (QED) is 0.670. The molecule has 0 heterocycles. The standard InChI is InChI=1S/C9H18N2O/c1-11(2)9(12)6-7-10-8-4-3-5-8/h8,10H,3-7H2,1-2H3. The zero-order valence-corrected chi connectivity index (χ0v) is 7.97. The SMILES string of the molecule is CN(C)C(=O)CCNC1CCC1. The normalized spacial score (nSPS) is 17.2. The van der Waals surface area contributed by atoms with Crippen LogP contribution in [0.3, 0.4) is 0 Å². The molecule has 0 unspecified atom stereocenters. The first-order valence-electron chi connectivity index (χ1n) is 4.63. The van der Waals surface area contributed by atoms with Crippen LogP contribution in [0.5, 0.6) is 0 Å². The molecule has 1 aliphatic carbocycles. The van der Waals surface area contributed by atoms with Crippen LogP contribution in [0.4, 0.5) is 0 Å². The van der Waals surface area contributed by atoms with Crippen LogP contribution in [-0.4, -0.2) is 37.5 Å². The second-order valence-corrected chi connectivity index (χ2v) is 3.62. The number of rotatable bonds is 4. The van der Waals surface area contributed by atoms with E-state index in [1.807, 2.05) is 0 Å². The highest BCUT2D eigenvalue weighted by Gasteiger charge is 2.16. The molecule has 1 fully saturated rings. The highest BCUT2D eigenvalue weighted by atomic mass is 16.2. The van der Waals surface area contributed by atoms with Gasteiger partial charge in [0.05, 0.1) is 0 Å². The fraction of sp³-hybridized carbons (Fsp3) is 0.889. The Morgan fingerprint density at radius 3 is 2.58 bits per heavy atom. The third kappa shape index (κ3) is 2.81. The van der Waals surface area contributed by atoms with Gasteiger partial charge >= 0.3 is 0 Å². The van der Waals surface area contributed by atoms with Crippen LogP contribution in [0, 0.1) is 0 Å². The molecular formula is C9H18N2O. The van der Waals surface area contributed by atoms with Crippen LogP contribution in [0.1, 0.15) is 25.7 Å². The maximum Gasteiger partial charge on any atom is 0.223 e. The Balaban J connectivity index is 1.97. The van der Waals surface area contributed by atoms with Gasteiger partial charge in [-0.2, -0.15) is 0 Å². The molecule has 0 radical (unpaired) electrons. The topological polar surface area (TPSA) is 32.3 Å². The van der Waals surface area contributed by atoms with E-state index in [1.165, 1.54) is 19.3 Å². The molecule has 1 N–H and O–H groups in total. The molecule has 0 saturated heterocycles. The summed E-state index contributed by atoms with van der Waals surface area (Å²) in [4.78, 5) is 12.8. The Bertz CT molecular complexity index is 153. The molecule has 12 heavy (non-hydrogen) atoms. The molecule has 3 nitrogen and oxygen atoms in total. The molecule has 70 valence electrons. The lowest BCUT2D eigenvalue weighted by Gasteiger charge is -2.26. The van der Waals surface area contributed by atoms with Gasteiger partial charge in [-0.1, -0.05) is 6.42 Å². The van der Waals surface area contributed by atoms with Gasteiger partial charge in [0, 0.05) is 33.1 Å². The molecule has 0 aliphatic heterocycles. The number of amides is 1. The third-order valence-electron chi connectivity index (χ3n) is 2.38. The van der Waals surface area contributed by atoms with Gasteiger partial charge in [-0.15, -0.1) is 0 Å². The maximum absolute atomic E-state index is 11.1. The third-order valence-corrected chi connectivity index (χ3v) is 2.38. The first kappa shape index (κ1) is 9.52. The van der Waals surface area contributed by atoms with Crippen molar-refractivity contribution in [2.24, 2.45) is 0 Å². The Labute approximate surface area is 74.1 Å². The Hall–Kier alpha value is -0.570. The van der Waals surface area contributed by atoms with Gasteiger partial charge in [-0.05, 0) is 12.8 Å². The Morgan fingerprint density at radius 2 is 2.17 bits per heavy atom. The molecular weight excluding hydrogens is 152 g/mol. The smallest absolute Gasteiger partial charge is 0.223 e. The first-order chi connectivity index (χ1) is 5.70. The minimum atomic E-state index is 0.210. The number of nitrogens with one attached hydrogen (secondary N) is 1. The minimum Gasteiger partial charge on any atom is -0.349 e. The second-order valence-electron chi connectivity index (χ2n) is 3.62. The average molecular weight is 170 g/mol. The van der Waals surface area contributed by atoms with Gasteiger partial charge in [0.2, 0.25) is 5.91 Å². The monoisotopic (exact) mass is 170 g/mol. The molecule has 1 saturated carbocycles. The van der Waals surface area contributed by atoms with Crippen LogP contribution in [0.25, 0.3) is 0 Å². The van der Waals surface area contributed by atoms with E-state index in [1.54, 1.807) is 19.0 Å². The fourth-order valence-corrected chi connectivity index (χ4v) is 1.22. The second kappa shape index (κ2) is 4.45. The Morgan fingerprint density at radius 1 is 1.50 bits per heavy atom. The zero-order valence-electron chi connectivity index (χ0n) is 7.97. The minimum absolute atomic E-state index is 0.210. The lowest BCUT2D eigenvalue weighted by atomic mass is 9.93. The fourth-order valence-electron chi connectivity index (χ4n) is 1.22. The average Bonchev–Trinajstić information content (AvgIpc) is 1.93. The molecule has 1 amide bonds. The van der Waals surface area contributed by atoms with E-state index in [9.17, 15) is 4.79 Å². The summed E-state index contributed by atoms with van der Waals surface area (Å²) in [7, 11) is 3.59. The summed E-state index contributed by atoms with van der Waals surface area (Å²) in [5.41, 5.74) is 0. The maximum atomic E-state index is 11.1. The molecule has 0 aromatic heterocycles.